The summed E-state index contributed by atoms with van der Waals surface area (Å²) in [6.45, 7) is 0. The Hall–Kier alpha value is -1.45. The van der Waals surface area contributed by atoms with Crippen LogP contribution in [-0.2, 0) is 0 Å². The summed E-state index contributed by atoms with van der Waals surface area (Å²) in [7, 11) is 0. The van der Waals surface area contributed by atoms with Gasteiger partial charge in [0.15, 0.2) is 0 Å². The van der Waals surface area contributed by atoms with Crippen LogP contribution < -0.4 is 0 Å². The Bertz CT molecular complexity index is 660. The Morgan fingerprint density at radius 3 is 2.71 bits per heavy atom. The summed E-state index contributed by atoms with van der Waals surface area (Å²) in [5.41, 5.74) is 1.80. The molecule has 2 aromatic carbocycles. The van der Waals surface area contributed by atoms with Crippen LogP contribution in [0.15, 0.2) is 42.5 Å². The van der Waals surface area contributed by atoms with Gasteiger partial charge in [-0.2, -0.15) is 0 Å². The maximum Gasteiger partial charge on any atom is 0.141 e. The molecule has 0 spiro atoms. The van der Waals surface area contributed by atoms with Crippen LogP contribution in [0.4, 0.5) is 4.39 Å². The quantitative estimate of drug-likeness (QED) is 0.617. The molecule has 1 nitrogen and oxygen atoms in total. The summed E-state index contributed by atoms with van der Waals surface area (Å²) in [6, 6.07) is 12.6. The highest BCUT2D eigenvalue weighted by Crippen LogP contribution is 2.31. The maximum atomic E-state index is 13.1. The number of aromatic nitrogens is 1. The molecule has 1 aromatic heterocycles. The Balaban J connectivity index is 2.17. The van der Waals surface area contributed by atoms with Crippen molar-refractivity contribution in [1.82, 2.24) is 4.98 Å². The zero-order valence-corrected chi connectivity index (χ0v) is 10.2. The molecule has 0 unspecified atom stereocenters. The number of para-hydroxylation sites is 1. The second kappa shape index (κ2) is 4.09. The first-order chi connectivity index (χ1) is 8.24. The Morgan fingerprint density at radius 1 is 1.12 bits per heavy atom. The summed E-state index contributed by atoms with van der Waals surface area (Å²) < 4.78 is 14.2. The van der Waals surface area contributed by atoms with Crippen LogP contribution in [0.3, 0.4) is 0 Å². The standard InChI is InChI=1S/C13H7ClFNS/c14-9-7-8(5-6-10(9)15)13-16-11-3-1-2-4-12(11)17-13/h1-7H. The van der Waals surface area contributed by atoms with E-state index in [0.717, 1.165) is 20.8 Å². The minimum atomic E-state index is -0.406. The van der Waals surface area contributed by atoms with Gasteiger partial charge in [-0.1, -0.05) is 23.7 Å². The number of nitrogens with zero attached hydrogens (tertiary/aromatic N) is 1. The van der Waals surface area contributed by atoms with E-state index in [1.54, 1.807) is 23.5 Å². The van der Waals surface area contributed by atoms with E-state index in [9.17, 15) is 4.39 Å². The van der Waals surface area contributed by atoms with Crippen molar-refractivity contribution in [1.29, 1.82) is 0 Å². The van der Waals surface area contributed by atoms with Gasteiger partial charge in [0.2, 0.25) is 0 Å². The molecule has 0 amide bonds. The third-order valence-electron chi connectivity index (χ3n) is 2.46. The Morgan fingerprint density at radius 2 is 1.94 bits per heavy atom. The first kappa shape index (κ1) is 10.7. The number of thiazole rings is 1. The fourth-order valence-corrected chi connectivity index (χ4v) is 2.77. The van der Waals surface area contributed by atoms with Gasteiger partial charge in [-0.05, 0) is 30.3 Å². The van der Waals surface area contributed by atoms with Crippen LogP contribution in [0.5, 0.6) is 0 Å². The van der Waals surface area contributed by atoms with Gasteiger partial charge in [0.25, 0.3) is 0 Å². The highest BCUT2D eigenvalue weighted by molar-refractivity contribution is 7.21. The van der Waals surface area contributed by atoms with E-state index in [4.69, 9.17) is 11.6 Å². The molecule has 4 heteroatoms. The van der Waals surface area contributed by atoms with Gasteiger partial charge in [0.1, 0.15) is 10.8 Å². The van der Waals surface area contributed by atoms with Crippen LogP contribution in [0.2, 0.25) is 5.02 Å². The summed E-state index contributed by atoms with van der Waals surface area (Å²) >= 11 is 7.34. The third-order valence-corrected chi connectivity index (χ3v) is 3.84. The van der Waals surface area contributed by atoms with Gasteiger partial charge >= 0.3 is 0 Å². The van der Waals surface area contributed by atoms with Gasteiger partial charge < -0.3 is 0 Å². The van der Waals surface area contributed by atoms with E-state index in [0.29, 0.717) is 0 Å². The summed E-state index contributed by atoms with van der Waals surface area (Å²) in [5.74, 6) is -0.406. The van der Waals surface area contributed by atoms with Crippen molar-refractivity contribution < 1.29 is 4.39 Å². The van der Waals surface area contributed by atoms with Crippen LogP contribution in [0.25, 0.3) is 20.8 Å². The molecule has 1 heterocycles. The molecule has 0 N–H and O–H groups in total. The molecule has 3 aromatic rings. The predicted molar refractivity (Wildman–Crippen MR) is 70.0 cm³/mol. The second-order valence-electron chi connectivity index (χ2n) is 3.62. The number of hydrogen-bond acceptors (Lipinski definition) is 2. The third kappa shape index (κ3) is 1.92. The molecule has 0 atom stereocenters. The summed E-state index contributed by atoms with van der Waals surface area (Å²) in [5, 5.41) is 0.981. The molecular weight excluding hydrogens is 257 g/mol. The highest BCUT2D eigenvalue weighted by Gasteiger charge is 2.08. The minimum absolute atomic E-state index is 0.127. The smallest absolute Gasteiger partial charge is 0.141 e. The molecular formula is C13H7ClFNS. The number of rotatable bonds is 1. The normalized spacial score (nSPS) is 10.9. The monoisotopic (exact) mass is 263 g/mol. The number of benzene rings is 2. The Kier molecular flexibility index (Phi) is 2.57. The lowest BCUT2D eigenvalue weighted by Crippen LogP contribution is -1.79. The van der Waals surface area contributed by atoms with Crippen molar-refractivity contribution in [2.24, 2.45) is 0 Å². The molecule has 0 saturated heterocycles. The van der Waals surface area contributed by atoms with Crippen LogP contribution >= 0.6 is 22.9 Å². The minimum Gasteiger partial charge on any atom is -0.236 e. The Labute approximate surface area is 106 Å². The van der Waals surface area contributed by atoms with E-state index in [1.807, 2.05) is 24.3 Å². The maximum absolute atomic E-state index is 13.1. The van der Waals surface area contributed by atoms with Gasteiger partial charge in [-0.3, -0.25) is 0 Å². The van der Waals surface area contributed by atoms with Crippen molar-refractivity contribution in [3.05, 3.63) is 53.3 Å². The van der Waals surface area contributed by atoms with E-state index in [-0.39, 0.29) is 5.02 Å². The predicted octanol–water partition coefficient (Wildman–Crippen LogP) is 4.76. The number of fused-ring (bicyclic) bond motifs is 1. The number of hydrogen-bond donors (Lipinski definition) is 0. The van der Waals surface area contributed by atoms with E-state index >= 15 is 0 Å². The second-order valence-corrected chi connectivity index (χ2v) is 5.05. The van der Waals surface area contributed by atoms with Crippen molar-refractivity contribution in [3.63, 3.8) is 0 Å². The lowest BCUT2D eigenvalue weighted by Gasteiger charge is -1.97. The molecule has 3 rings (SSSR count). The molecule has 0 radical (unpaired) electrons. The first-order valence-electron chi connectivity index (χ1n) is 5.05. The molecule has 0 aliphatic heterocycles. The van der Waals surface area contributed by atoms with Gasteiger partial charge in [0.05, 0.1) is 15.2 Å². The highest BCUT2D eigenvalue weighted by atomic mass is 35.5. The van der Waals surface area contributed by atoms with Crippen LogP contribution in [0, 0.1) is 5.82 Å². The summed E-state index contributed by atoms with van der Waals surface area (Å²) in [4.78, 5) is 4.49. The van der Waals surface area contributed by atoms with E-state index in [2.05, 4.69) is 4.98 Å². The molecule has 0 fully saturated rings. The molecule has 17 heavy (non-hydrogen) atoms. The van der Waals surface area contributed by atoms with E-state index in [1.165, 1.54) is 6.07 Å². The van der Waals surface area contributed by atoms with Crippen LogP contribution in [0.1, 0.15) is 0 Å². The lowest BCUT2D eigenvalue weighted by molar-refractivity contribution is 0.628. The molecule has 0 bridgehead atoms. The fourth-order valence-electron chi connectivity index (χ4n) is 1.62. The first-order valence-corrected chi connectivity index (χ1v) is 6.24. The molecule has 0 aliphatic rings. The molecule has 0 saturated carbocycles. The zero-order valence-electron chi connectivity index (χ0n) is 8.65. The lowest BCUT2D eigenvalue weighted by atomic mass is 10.2. The van der Waals surface area contributed by atoms with Crippen molar-refractivity contribution in [2.45, 2.75) is 0 Å². The fraction of sp³-hybridized carbons (Fsp3) is 0. The SMILES string of the molecule is Fc1ccc(-c2nc3ccccc3s2)cc1Cl. The van der Waals surface area contributed by atoms with Gasteiger partial charge in [-0.25, -0.2) is 9.37 Å². The van der Waals surface area contributed by atoms with Crippen molar-refractivity contribution in [3.8, 4) is 10.6 Å². The largest absolute Gasteiger partial charge is 0.236 e. The van der Waals surface area contributed by atoms with Gasteiger partial charge in [-0.15, -0.1) is 11.3 Å². The molecule has 84 valence electrons. The summed E-state index contributed by atoms with van der Waals surface area (Å²) in [6.07, 6.45) is 0. The van der Waals surface area contributed by atoms with Crippen LogP contribution in [-0.4, -0.2) is 4.98 Å². The van der Waals surface area contributed by atoms with E-state index < -0.39 is 5.82 Å². The van der Waals surface area contributed by atoms with Crippen molar-refractivity contribution >= 4 is 33.2 Å². The topological polar surface area (TPSA) is 12.9 Å². The van der Waals surface area contributed by atoms with Gasteiger partial charge in [0, 0.05) is 5.56 Å². The number of halogens is 2. The average Bonchev–Trinajstić information content (AvgIpc) is 2.76. The van der Waals surface area contributed by atoms with Crippen molar-refractivity contribution in [2.75, 3.05) is 0 Å². The molecule has 0 aliphatic carbocycles. The average molecular weight is 264 g/mol. The zero-order chi connectivity index (χ0) is 11.8.